The van der Waals surface area contributed by atoms with Crippen LogP contribution in [0.2, 0.25) is 0 Å². The van der Waals surface area contributed by atoms with E-state index in [4.69, 9.17) is 5.11 Å². The van der Waals surface area contributed by atoms with Crippen LogP contribution in [0.1, 0.15) is 15.9 Å². The summed E-state index contributed by atoms with van der Waals surface area (Å²) in [4.78, 5) is 21.7. The van der Waals surface area contributed by atoms with E-state index in [0.29, 0.717) is 12.0 Å². The predicted molar refractivity (Wildman–Crippen MR) is 54.2 cm³/mol. The molecular weight excluding hydrogens is 232 g/mol. The van der Waals surface area contributed by atoms with Gasteiger partial charge >= 0.3 is 5.97 Å². The van der Waals surface area contributed by atoms with E-state index in [0.717, 1.165) is 6.07 Å². The van der Waals surface area contributed by atoms with E-state index in [-0.39, 0.29) is 16.2 Å². The molecule has 5 nitrogen and oxygen atoms in total. The molecule has 1 heterocycles. The lowest BCUT2D eigenvalue weighted by atomic mass is 10.1. The number of fused-ring (bicyclic) bond motifs is 1. The maximum Gasteiger partial charge on any atom is 0.377 e. The molecule has 0 aliphatic carbocycles. The van der Waals surface area contributed by atoms with Crippen LogP contribution in [0.25, 0.3) is 0 Å². The Morgan fingerprint density at radius 1 is 1.25 bits per heavy atom. The van der Waals surface area contributed by atoms with E-state index in [2.05, 4.69) is 0 Å². The summed E-state index contributed by atoms with van der Waals surface area (Å²) in [5.41, 5.74) is 0.540. The van der Waals surface area contributed by atoms with Gasteiger partial charge in [0.2, 0.25) is 0 Å². The lowest BCUT2D eigenvalue weighted by molar-refractivity contribution is -0.131. The third kappa shape index (κ3) is 1.61. The largest absolute Gasteiger partial charge is 0.475 e. The first-order valence-corrected chi connectivity index (χ1v) is 6.20. The summed E-state index contributed by atoms with van der Waals surface area (Å²) in [6.45, 7) is 0. The smallest absolute Gasteiger partial charge is 0.377 e. The van der Waals surface area contributed by atoms with Crippen molar-refractivity contribution in [2.24, 2.45) is 0 Å². The summed E-state index contributed by atoms with van der Waals surface area (Å²) in [6, 6.07) is 3.99. The number of hydrogen-bond acceptors (Lipinski definition) is 4. The van der Waals surface area contributed by atoms with E-state index in [1.54, 1.807) is 0 Å². The van der Waals surface area contributed by atoms with Gasteiger partial charge in [0, 0.05) is 5.56 Å². The number of carbonyl (C=O) groups excluding carboxylic acids is 1. The fraction of sp³-hybridized carbons (Fsp3) is 0.200. The number of aryl methyl sites for hydroxylation is 1. The number of sulfone groups is 1. The fourth-order valence-corrected chi connectivity index (χ4v) is 3.25. The molecule has 2 rings (SSSR count). The molecule has 84 valence electrons. The zero-order chi connectivity index (χ0) is 11.9. The Bertz CT molecular complexity index is 585. The average Bonchev–Trinajstić information content (AvgIpc) is 2.53. The minimum atomic E-state index is -3.33. The highest BCUT2D eigenvalue weighted by molar-refractivity contribution is 7.91. The summed E-state index contributed by atoms with van der Waals surface area (Å²) in [5.74, 6) is -2.66. The van der Waals surface area contributed by atoms with Crippen LogP contribution < -0.4 is 0 Å². The highest BCUT2D eigenvalue weighted by Gasteiger charge is 2.27. The van der Waals surface area contributed by atoms with Crippen LogP contribution in [-0.2, 0) is 21.1 Å². The van der Waals surface area contributed by atoms with Gasteiger partial charge < -0.3 is 5.11 Å². The van der Waals surface area contributed by atoms with Crippen molar-refractivity contribution in [1.82, 2.24) is 0 Å². The molecule has 0 fully saturated rings. The lowest BCUT2D eigenvalue weighted by Gasteiger charge is -2.00. The molecule has 1 N–H and O–H groups in total. The number of carboxylic acids is 1. The number of carbonyl (C=O) groups is 2. The van der Waals surface area contributed by atoms with Crippen LogP contribution >= 0.6 is 0 Å². The topological polar surface area (TPSA) is 88.5 Å². The molecule has 1 aliphatic heterocycles. The summed E-state index contributed by atoms with van der Waals surface area (Å²) in [6.07, 6.45) is 0.416. The van der Waals surface area contributed by atoms with Crippen LogP contribution in [0, 0.1) is 0 Å². The molecule has 0 atom stereocenters. The molecule has 0 saturated carbocycles. The Balaban J connectivity index is 2.56. The molecule has 0 radical (unpaired) electrons. The van der Waals surface area contributed by atoms with Gasteiger partial charge in [-0.2, -0.15) is 0 Å². The van der Waals surface area contributed by atoms with Crippen LogP contribution in [0.4, 0.5) is 0 Å². The summed E-state index contributed by atoms with van der Waals surface area (Å²) in [5, 5.41) is 8.52. The first-order valence-electron chi connectivity index (χ1n) is 4.55. The molecule has 16 heavy (non-hydrogen) atoms. The van der Waals surface area contributed by atoms with Gasteiger partial charge in [0.25, 0.3) is 5.78 Å². The highest BCUT2D eigenvalue weighted by atomic mass is 32.2. The molecule has 0 saturated heterocycles. The Hall–Kier alpha value is -1.69. The fourth-order valence-electron chi connectivity index (χ4n) is 1.67. The second kappa shape index (κ2) is 3.41. The molecule has 1 aliphatic rings. The molecule has 1 aromatic rings. The minimum absolute atomic E-state index is 0.0209. The summed E-state index contributed by atoms with van der Waals surface area (Å²) >= 11 is 0. The van der Waals surface area contributed by atoms with Crippen molar-refractivity contribution >= 4 is 21.6 Å². The normalized spacial score (nSPS) is 16.8. The third-order valence-electron chi connectivity index (χ3n) is 2.50. The van der Waals surface area contributed by atoms with Gasteiger partial charge in [-0.3, -0.25) is 4.79 Å². The number of hydrogen-bond donors (Lipinski definition) is 1. The van der Waals surface area contributed by atoms with Crippen LogP contribution in [-0.4, -0.2) is 31.0 Å². The number of carboxylic acid groups (broad SMARTS) is 1. The number of aliphatic carboxylic acids is 1. The number of ketones is 1. The van der Waals surface area contributed by atoms with E-state index in [1.807, 2.05) is 0 Å². The van der Waals surface area contributed by atoms with Gasteiger partial charge in [-0.15, -0.1) is 0 Å². The number of Topliss-reactive ketones (excluding diaryl/α,β-unsaturated/α-hetero) is 1. The quantitative estimate of drug-likeness (QED) is 0.592. The van der Waals surface area contributed by atoms with E-state index < -0.39 is 21.6 Å². The lowest BCUT2D eigenvalue weighted by Crippen LogP contribution is -2.13. The molecule has 0 amide bonds. The molecule has 0 aromatic heterocycles. The first-order chi connectivity index (χ1) is 7.42. The zero-order valence-electron chi connectivity index (χ0n) is 8.13. The van der Waals surface area contributed by atoms with Crippen molar-refractivity contribution in [2.75, 3.05) is 5.75 Å². The van der Waals surface area contributed by atoms with Crippen molar-refractivity contribution in [3.63, 3.8) is 0 Å². The molecule has 0 bridgehead atoms. The molecule has 6 heteroatoms. The first kappa shape index (κ1) is 10.8. The van der Waals surface area contributed by atoms with Crippen molar-refractivity contribution in [3.05, 3.63) is 29.3 Å². The Morgan fingerprint density at radius 3 is 2.56 bits per heavy atom. The monoisotopic (exact) mass is 240 g/mol. The van der Waals surface area contributed by atoms with Gasteiger partial charge in [-0.05, 0) is 18.1 Å². The van der Waals surface area contributed by atoms with Crippen LogP contribution in [0.5, 0.6) is 0 Å². The van der Waals surface area contributed by atoms with Gasteiger partial charge in [0.15, 0.2) is 9.84 Å². The second-order valence-corrected chi connectivity index (χ2v) is 5.60. The predicted octanol–water partition coefficient (Wildman–Crippen LogP) is 0.284. The Morgan fingerprint density at radius 2 is 1.94 bits per heavy atom. The highest BCUT2D eigenvalue weighted by Crippen LogP contribution is 2.26. The Labute approximate surface area is 91.6 Å². The third-order valence-corrected chi connectivity index (χ3v) is 4.29. The zero-order valence-corrected chi connectivity index (χ0v) is 8.95. The van der Waals surface area contributed by atoms with Crippen LogP contribution in [0.3, 0.4) is 0 Å². The average molecular weight is 240 g/mol. The van der Waals surface area contributed by atoms with Crippen molar-refractivity contribution < 1.29 is 23.1 Å². The van der Waals surface area contributed by atoms with Crippen LogP contribution in [0.15, 0.2) is 23.1 Å². The molecule has 1 aromatic carbocycles. The van der Waals surface area contributed by atoms with Gasteiger partial charge in [0.05, 0.1) is 10.6 Å². The van der Waals surface area contributed by atoms with Gasteiger partial charge in [-0.1, -0.05) is 12.1 Å². The van der Waals surface area contributed by atoms with Crippen molar-refractivity contribution in [3.8, 4) is 0 Å². The van der Waals surface area contributed by atoms with E-state index in [9.17, 15) is 18.0 Å². The summed E-state index contributed by atoms with van der Waals surface area (Å²) < 4.78 is 23.1. The summed E-state index contributed by atoms with van der Waals surface area (Å²) in [7, 11) is -3.33. The maximum atomic E-state index is 11.5. The van der Waals surface area contributed by atoms with Crippen molar-refractivity contribution in [1.29, 1.82) is 0 Å². The second-order valence-electron chi connectivity index (χ2n) is 3.53. The molecule has 0 unspecified atom stereocenters. The van der Waals surface area contributed by atoms with Gasteiger partial charge in [-0.25, -0.2) is 13.2 Å². The number of rotatable bonds is 2. The molecule has 0 spiro atoms. The van der Waals surface area contributed by atoms with Crippen molar-refractivity contribution in [2.45, 2.75) is 11.3 Å². The standard InChI is InChI=1S/C10H8O5S/c11-9(10(12)13)7-2-1-6-3-4-16(14,15)8(6)5-7/h1-2,5H,3-4H2,(H,12,13). The molecular formula is C10H8O5S. The maximum absolute atomic E-state index is 11.5. The van der Waals surface area contributed by atoms with E-state index >= 15 is 0 Å². The van der Waals surface area contributed by atoms with Gasteiger partial charge in [0.1, 0.15) is 0 Å². The minimum Gasteiger partial charge on any atom is -0.475 e. The number of benzene rings is 1. The SMILES string of the molecule is O=C(O)C(=O)c1ccc2c(c1)S(=O)(=O)CC2. The van der Waals surface area contributed by atoms with E-state index in [1.165, 1.54) is 12.1 Å². The Kier molecular flexibility index (Phi) is 2.31.